The fraction of sp³-hybridized carbons (Fsp3) is 0.533. The number of benzene rings is 1. The fourth-order valence-electron chi connectivity index (χ4n) is 2.48. The maximum absolute atomic E-state index is 12.3. The molecule has 1 saturated heterocycles. The van der Waals surface area contributed by atoms with Crippen molar-refractivity contribution in [3.63, 3.8) is 0 Å². The van der Waals surface area contributed by atoms with Gasteiger partial charge < -0.3 is 15.1 Å². The Kier molecular flexibility index (Phi) is 5.05. The molecular formula is C15H22BrN3O. The molecule has 2 rings (SSSR count). The van der Waals surface area contributed by atoms with E-state index in [9.17, 15) is 4.79 Å². The van der Waals surface area contributed by atoms with Crippen LogP contribution < -0.4 is 5.32 Å². The Labute approximate surface area is 129 Å². The summed E-state index contributed by atoms with van der Waals surface area (Å²) in [6.45, 7) is 3.66. The average molecular weight is 340 g/mol. The number of urea groups is 1. The Bertz CT molecular complexity index is 490. The number of hydrogen-bond donors (Lipinski definition) is 1. The monoisotopic (exact) mass is 339 g/mol. The maximum atomic E-state index is 12.3. The Hall–Kier alpha value is -1.07. The number of likely N-dealkylation sites (N-methyl/N-ethyl adjacent to an activating group) is 1. The van der Waals surface area contributed by atoms with Crippen LogP contribution in [0, 0.1) is 6.92 Å². The molecule has 2 amide bonds. The van der Waals surface area contributed by atoms with Crippen molar-refractivity contribution in [2.24, 2.45) is 0 Å². The van der Waals surface area contributed by atoms with Crippen molar-refractivity contribution in [3.05, 3.63) is 28.2 Å². The predicted octanol–water partition coefficient (Wildman–Crippen LogP) is 3.32. The number of anilines is 1. The molecule has 1 aliphatic rings. The van der Waals surface area contributed by atoms with E-state index in [1.807, 2.05) is 30.0 Å². The Morgan fingerprint density at radius 1 is 1.45 bits per heavy atom. The highest BCUT2D eigenvalue weighted by Gasteiger charge is 2.25. The van der Waals surface area contributed by atoms with E-state index in [0.29, 0.717) is 6.04 Å². The van der Waals surface area contributed by atoms with Crippen LogP contribution in [0.1, 0.15) is 18.4 Å². The molecule has 0 bridgehead atoms. The zero-order chi connectivity index (χ0) is 14.7. The number of rotatable bonds is 2. The SMILES string of the molecule is Cc1ccc(NC(=O)N2CCC[C@H](N(C)C)C2)c(Br)c1. The van der Waals surface area contributed by atoms with Gasteiger partial charge in [-0.1, -0.05) is 6.07 Å². The second-order valence-corrected chi connectivity index (χ2v) is 6.47. The molecule has 4 nitrogen and oxygen atoms in total. The molecule has 20 heavy (non-hydrogen) atoms. The molecule has 5 heteroatoms. The van der Waals surface area contributed by atoms with Crippen LogP contribution in [0.25, 0.3) is 0 Å². The summed E-state index contributed by atoms with van der Waals surface area (Å²) < 4.78 is 0.923. The number of nitrogens with one attached hydrogen (secondary N) is 1. The van der Waals surface area contributed by atoms with Crippen LogP contribution in [-0.2, 0) is 0 Å². The van der Waals surface area contributed by atoms with Gasteiger partial charge in [0.25, 0.3) is 0 Å². The summed E-state index contributed by atoms with van der Waals surface area (Å²) in [7, 11) is 4.14. The van der Waals surface area contributed by atoms with Crippen LogP contribution in [0.15, 0.2) is 22.7 Å². The van der Waals surface area contributed by atoms with E-state index in [0.717, 1.165) is 36.1 Å². The van der Waals surface area contributed by atoms with Crippen molar-refractivity contribution < 1.29 is 4.79 Å². The molecule has 1 aliphatic heterocycles. The molecular weight excluding hydrogens is 318 g/mol. The molecule has 1 aromatic rings. The molecule has 0 aromatic heterocycles. The summed E-state index contributed by atoms with van der Waals surface area (Å²) in [5.41, 5.74) is 1.99. The fourth-order valence-corrected chi connectivity index (χ4v) is 3.07. The standard InChI is InChI=1S/C15H22BrN3O/c1-11-6-7-14(13(16)9-11)17-15(20)19-8-4-5-12(10-19)18(2)3/h6-7,9,12H,4-5,8,10H2,1-3H3,(H,17,20)/t12-/m0/s1. The van der Waals surface area contributed by atoms with Crippen LogP contribution in [0.3, 0.4) is 0 Å². The highest BCUT2D eigenvalue weighted by Crippen LogP contribution is 2.24. The number of piperidine rings is 1. The van der Waals surface area contributed by atoms with Gasteiger partial charge in [-0.3, -0.25) is 0 Å². The van der Waals surface area contributed by atoms with Crippen LogP contribution in [0.5, 0.6) is 0 Å². The Morgan fingerprint density at radius 3 is 2.85 bits per heavy atom. The number of nitrogens with zero attached hydrogens (tertiary/aromatic N) is 2. The first-order valence-corrected chi connectivity index (χ1v) is 7.75. The highest BCUT2D eigenvalue weighted by atomic mass is 79.9. The van der Waals surface area contributed by atoms with E-state index < -0.39 is 0 Å². The third-order valence-electron chi connectivity index (χ3n) is 3.78. The topological polar surface area (TPSA) is 35.6 Å². The van der Waals surface area contributed by atoms with E-state index in [-0.39, 0.29) is 6.03 Å². The normalized spacial score (nSPS) is 19.2. The number of halogens is 1. The quantitative estimate of drug-likeness (QED) is 0.897. The number of carbonyl (C=O) groups is 1. The summed E-state index contributed by atoms with van der Waals surface area (Å²) in [6.07, 6.45) is 2.22. The average Bonchev–Trinajstić information content (AvgIpc) is 2.42. The first kappa shape index (κ1) is 15.3. The van der Waals surface area contributed by atoms with Crippen molar-refractivity contribution in [3.8, 4) is 0 Å². The number of amides is 2. The predicted molar refractivity (Wildman–Crippen MR) is 86.2 cm³/mol. The lowest BCUT2D eigenvalue weighted by atomic mass is 10.1. The van der Waals surface area contributed by atoms with E-state index in [2.05, 4.69) is 40.2 Å². The summed E-state index contributed by atoms with van der Waals surface area (Å²) in [5.74, 6) is 0. The van der Waals surface area contributed by atoms with E-state index in [1.54, 1.807) is 0 Å². The zero-order valence-electron chi connectivity index (χ0n) is 12.3. The first-order chi connectivity index (χ1) is 9.47. The number of likely N-dealkylation sites (tertiary alicyclic amines) is 1. The smallest absolute Gasteiger partial charge is 0.321 e. The Morgan fingerprint density at radius 2 is 2.20 bits per heavy atom. The van der Waals surface area contributed by atoms with E-state index >= 15 is 0 Å². The molecule has 0 radical (unpaired) electrons. The summed E-state index contributed by atoms with van der Waals surface area (Å²) in [5, 5.41) is 2.99. The molecule has 0 aliphatic carbocycles. The molecule has 1 heterocycles. The zero-order valence-corrected chi connectivity index (χ0v) is 13.9. The van der Waals surface area contributed by atoms with E-state index in [4.69, 9.17) is 0 Å². The van der Waals surface area contributed by atoms with Gasteiger partial charge in [-0.05, 0) is 67.5 Å². The van der Waals surface area contributed by atoms with Crippen molar-refractivity contribution in [1.82, 2.24) is 9.80 Å². The van der Waals surface area contributed by atoms with Gasteiger partial charge in [-0.15, -0.1) is 0 Å². The first-order valence-electron chi connectivity index (χ1n) is 6.96. The van der Waals surface area contributed by atoms with Gasteiger partial charge in [-0.25, -0.2) is 4.79 Å². The molecule has 1 aromatic carbocycles. The minimum Gasteiger partial charge on any atom is -0.323 e. The summed E-state index contributed by atoms with van der Waals surface area (Å²) in [4.78, 5) is 16.4. The minimum absolute atomic E-state index is 0.0129. The van der Waals surface area contributed by atoms with E-state index in [1.165, 1.54) is 5.56 Å². The third kappa shape index (κ3) is 3.73. The second-order valence-electron chi connectivity index (χ2n) is 5.62. The minimum atomic E-state index is -0.0129. The lowest BCUT2D eigenvalue weighted by Gasteiger charge is -2.36. The number of carbonyl (C=O) groups excluding carboxylic acids is 1. The second kappa shape index (κ2) is 6.59. The van der Waals surface area contributed by atoms with Crippen molar-refractivity contribution >= 4 is 27.6 Å². The lowest BCUT2D eigenvalue weighted by molar-refractivity contribution is 0.148. The molecule has 1 N–H and O–H groups in total. The van der Waals surface area contributed by atoms with Gasteiger partial charge in [0.1, 0.15) is 0 Å². The van der Waals surface area contributed by atoms with Gasteiger partial charge >= 0.3 is 6.03 Å². The van der Waals surface area contributed by atoms with Crippen LogP contribution in [-0.4, -0.2) is 49.1 Å². The van der Waals surface area contributed by atoms with Gasteiger partial charge in [0.05, 0.1) is 5.69 Å². The number of aryl methyl sites for hydroxylation is 1. The maximum Gasteiger partial charge on any atom is 0.321 e. The molecule has 0 unspecified atom stereocenters. The lowest BCUT2D eigenvalue weighted by Crippen LogP contribution is -2.48. The van der Waals surface area contributed by atoms with Gasteiger partial charge in [0.15, 0.2) is 0 Å². The third-order valence-corrected chi connectivity index (χ3v) is 4.44. The van der Waals surface area contributed by atoms with Crippen molar-refractivity contribution in [2.75, 3.05) is 32.5 Å². The van der Waals surface area contributed by atoms with Crippen molar-refractivity contribution in [2.45, 2.75) is 25.8 Å². The summed E-state index contributed by atoms with van der Waals surface area (Å²) >= 11 is 3.49. The highest BCUT2D eigenvalue weighted by molar-refractivity contribution is 9.10. The van der Waals surface area contributed by atoms with Crippen LogP contribution >= 0.6 is 15.9 Å². The Balaban J connectivity index is 2.00. The molecule has 0 saturated carbocycles. The molecule has 1 fully saturated rings. The largest absolute Gasteiger partial charge is 0.323 e. The van der Waals surface area contributed by atoms with Crippen LogP contribution in [0.4, 0.5) is 10.5 Å². The summed E-state index contributed by atoms with van der Waals surface area (Å²) in [6, 6.07) is 6.38. The number of hydrogen-bond acceptors (Lipinski definition) is 2. The van der Waals surface area contributed by atoms with Crippen molar-refractivity contribution in [1.29, 1.82) is 0 Å². The molecule has 0 spiro atoms. The van der Waals surface area contributed by atoms with Gasteiger partial charge in [-0.2, -0.15) is 0 Å². The van der Waals surface area contributed by atoms with Crippen LogP contribution in [0.2, 0.25) is 0 Å². The molecule has 1 atom stereocenters. The molecule has 110 valence electrons. The van der Waals surface area contributed by atoms with Gasteiger partial charge in [0, 0.05) is 23.6 Å². The van der Waals surface area contributed by atoms with Gasteiger partial charge in [0.2, 0.25) is 0 Å².